The van der Waals surface area contributed by atoms with Gasteiger partial charge in [-0.2, -0.15) is 0 Å². The Morgan fingerprint density at radius 2 is 2.05 bits per heavy atom. The van der Waals surface area contributed by atoms with Gasteiger partial charge in [0.15, 0.2) is 0 Å². The van der Waals surface area contributed by atoms with Crippen LogP contribution in [0.3, 0.4) is 0 Å². The first-order valence-electron chi connectivity index (χ1n) is 7.29. The average molecular weight is 278 g/mol. The smallest absolute Gasteiger partial charge is 0.237 e. The van der Waals surface area contributed by atoms with E-state index in [1.165, 1.54) is 5.56 Å². The first-order chi connectivity index (χ1) is 9.53. The fourth-order valence-corrected chi connectivity index (χ4v) is 2.00. The predicted molar refractivity (Wildman–Crippen MR) is 81.8 cm³/mol. The van der Waals surface area contributed by atoms with Crippen molar-refractivity contribution in [3.05, 3.63) is 29.8 Å². The number of nitrogens with two attached hydrogens (primary N) is 1. The molecule has 1 rings (SSSR count). The molecule has 3 N–H and O–H groups in total. The van der Waals surface area contributed by atoms with E-state index in [-0.39, 0.29) is 5.91 Å². The maximum atomic E-state index is 11.6. The molecule has 0 aliphatic heterocycles. The van der Waals surface area contributed by atoms with E-state index in [1.807, 2.05) is 25.1 Å². The molecule has 0 aliphatic carbocycles. The summed E-state index contributed by atoms with van der Waals surface area (Å²) >= 11 is 0. The molecule has 0 aliphatic rings. The van der Waals surface area contributed by atoms with E-state index in [0.29, 0.717) is 13.0 Å². The van der Waals surface area contributed by atoms with Gasteiger partial charge >= 0.3 is 0 Å². The predicted octanol–water partition coefficient (Wildman–Crippen LogP) is 2.26. The number of benzene rings is 1. The molecule has 1 aromatic carbocycles. The number of carbonyl (C=O) groups excluding carboxylic acids is 1. The molecule has 0 aromatic heterocycles. The van der Waals surface area contributed by atoms with Gasteiger partial charge in [0, 0.05) is 6.42 Å². The third kappa shape index (κ3) is 4.53. The number of ether oxygens (including phenoxy) is 1. The van der Waals surface area contributed by atoms with E-state index in [0.717, 1.165) is 25.1 Å². The van der Waals surface area contributed by atoms with Crippen molar-refractivity contribution in [1.29, 1.82) is 0 Å². The third-order valence-electron chi connectivity index (χ3n) is 3.52. The molecule has 0 spiro atoms. The highest BCUT2D eigenvalue weighted by Gasteiger charge is 2.29. The zero-order valence-corrected chi connectivity index (χ0v) is 12.7. The van der Waals surface area contributed by atoms with Crippen LogP contribution in [0.4, 0.5) is 0 Å². The van der Waals surface area contributed by atoms with E-state index < -0.39 is 5.54 Å². The molecule has 1 atom stereocenters. The second-order valence-electron chi connectivity index (χ2n) is 5.18. The summed E-state index contributed by atoms with van der Waals surface area (Å²) < 4.78 is 5.81. The zero-order valence-electron chi connectivity index (χ0n) is 12.7. The van der Waals surface area contributed by atoms with Crippen molar-refractivity contribution in [2.75, 3.05) is 13.2 Å². The Morgan fingerprint density at radius 1 is 1.35 bits per heavy atom. The number of para-hydroxylation sites is 1. The summed E-state index contributed by atoms with van der Waals surface area (Å²) in [4.78, 5) is 11.6. The van der Waals surface area contributed by atoms with Gasteiger partial charge in [0.1, 0.15) is 5.75 Å². The van der Waals surface area contributed by atoms with Gasteiger partial charge in [-0.3, -0.25) is 4.79 Å². The SMILES string of the molecule is CCCNC(C)(CCOc1ccccc1CC)C(N)=O. The highest BCUT2D eigenvalue weighted by atomic mass is 16.5. The summed E-state index contributed by atoms with van der Waals surface area (Å²) in [6.45, 7) is 7.22. The lowest BCUT2D eigenvalue weighted by Crippen LogP contribution is -2.54. The lowest BCUT2D eigenvalue weighted by atomic mass is 9.97. The molecule has 1 unspecified atom stereocenters. The van der Waals surface area contributed by atoms with Crippen LogP contribution in [0.25, 0.3) is 0 Å². The van der Waals surface area contributed by atoms with Crippen molar-refractivity contribution < 1.29 is 9.53 Å². The summed E-state index contributed by atoms with van der Waals surface area (Å²) in [6, 6.07) is 7.97. The molecular formula is C16H26N2O2. The second kappa shape index (κ2) is 7.90. The highest BCUT2D eigenvalue weighted by molar-refractivity contribution is 5.84. The van der Waals surface area contributed by atoms with Crippen LogP contribution in [0.15, 0.2) is 24.3 Å². The molecular weight excluding hydrogens is 252 g/mol. The maximum absolute atomic E-state index is 11.6. The number of rotatable bonds is 9. The summed E-state index contributed by atoms with van der Waals surface area (Å²) in [7, 11) is 0. The fourth-order valence-electron chi connectivity index (χ4n) is 2.00. The van der Waals surface area contributed by atoms with Crippen molar-refractivity contribution in [1.82, 2.24) is 5.32 Å². The van der Waals surface area contributed by atoms with Crippen LogP contribution in [0.5, 0.6) is 5.75 Å². The Bertz CT molecular complexity index is 434. The molecule has 0 heterocycles. The molecule has 4 heteroatoms. The van der Waals surface area contributed by atoms with Gasteiger partial charge in [0.25, 0.3) is 0 Å². The molecule has 0 radical (unpaired) electrons. The van der Waals surface area contributed by atoms with E-state index >= 15 is 0 Å². The second-order valence-corrected chi connectivity index (χ2v) is 5.18. The van der Waals surface area contributed by atoms with Crippen molar-refractivity contribution in [2.24, 2.45) is 5.73 Å². The molecule has 0 bridgehead atoms. The van der Waals surface area contributed by atoms with Crippen LogP contribution in [0, 0.1) is 0 Å². The first kappa shape index (κ1) is 16.5. The number of hydrogen-bond acceptors (Lipinski definition) is 3. The van der Waals surface area contributed by atoms with Gasteiger partial charge in [-0.1, -0.05) is 32.0 Å². The van der Waals surface area contributed by atoms with E-state index in [2.05, 4.69) is 25.2 Å². The molecule has 1 amide bonds. The molecule has 0 fully saturated rings. The van der Waals surface area contributed by atoms with Crippen molar-refractivity contribution >= 4 is 5.91 Å². The number of primary amides is 1. The Hall–Kier alpha value is -1.55. The van der Waals surface area contributed by atoms with Gasteiger partial charge in [0.2, 0.25) is 5.91 Å². The number of amides is 1. The topological polar surface area (TPSA) is 64.3 Å². The molecule has 1 aromatic rings. The number of nitrogens with one attached hydrogen (secondary N) is 1. The molecule has 0 saturated heterocycles. The maximum Gasteiger partial charge on any atom is 0.237 e. The minimum Gasteiger partial charge on any atom is -0.493 e. The van der Waals surface area contributed by atoms with E-state index in [9.17, 15) is 4.79 Å². The monoisotopic (exact) mass is 278 g/mol. The molecule has 20 heavy (non-hydrogen) atoms. The van der Waals surface area contributed by atoms with Gasteiger partial charge in [0.05, 0.1) is 12.1 Å². The van der Waals surface area contributed by atoms with Gasteiger partial charge in [-0.25, -0.2) is 0 Å². The van der Waals surface area contributed by atoms with Gasteiger partial charge < -0.3 is 15.8 Å². The highest BCUT2D eigenvalue weighted by Crippen LogP contribution is 2.19. The number of aryl methyl sites for hydroxylation is 1. The summed E-state index contributed by atoms with van der Waals surface area (Å²) in [6.07, 6.45) is 2.44. The quantitative estimate of drug-likeness (QED) is 0.728. The summed E-state index contributed by atoms with van der Waals surface area (Å²) in [5.41, 5.74) is 5.95. The lowest BCUT2D eigenvalue weighted by molar-refractivity contribution is -0.124. The number of carbonyl (C=O) groups is 1. The zero-order chi connectivity index (χ0) is 15.0. The van der Waals surface area contributed by atoms with E-state index in [4.69, 9.17) is 10.5 Å². The van der Waals surface area contributed by atoms with Gasteiger partial charge in [-0.15, -0.1) is 0 Å². The average Bonchev–Trinajstić information content (AvgIpc) is 2.45. The first-order valence-corrected chi connectivity index (χ1v) is 7.29. The van der Waals surface area contributed by atoms with Crippen LogP contribution in [-0.4, -0.2) is 24.6 Å². The van der Waals surface area contributed by atoms with Crippen LogP contribution in [-0.2, 0) is 11.2 Å². The number of hydrogen-bond donors (Lipinski definition) is 2. The third-order valence-corrected chi connectivity index (χ3v) is 3.52. The largest absolute Gasteiger partial charge is 0.493 e. The van der Waals surface area contributed by atoms with Crippen molar-refractivity contribution in [3.63, 3.8) is 0 Å². The Morgan fingerprint density at radius 3 is 2.65 bits per heavy atom. The lowest BCUT2D eigenvalue weighted by Gasteiger charge is -2.27. The van der Waals surface area contributed by atoms with Gasteiger partial charge in [-0.05, 0) is 37.9 Å². The Balaban J connectivity index is 2.58. The van der Waals surface area contributed by atoms with Crippen LogP contribution in [0.1, 0.15) is 39.2 Å². The van der Waals surface area contributed by atoms with Crippen LogP contribution >= 0.6 is 0 Å². The van der Waals surface area contributed by atoms with Crippen molar-refractivity contribution in [2.45, 2.75) is 45.6 Å². The van der Waals surface area contributed by atoms with Crippen LogP contribution < -0.4 is 15.8 Å². The summed E-state index contributed by atoms with van der Waals surface area (Å²) in [5.74, 6) is 0.552. The molecule has 0 saturated carbocycles. The molecule has 112 valence electrons. The Labute approximate surface area is 121 Å². The molecule has 4 nitrogen and oxygen atoms in total. The minimum absolute atomic E-state index is 0.335. The van der Waals surface area contributed by atoms with E-state index in [1.54, 1.807) is 0 Å². The van der Waals surface area contributed by atoms with Crippen LogP contribution in [0.2, 0.25) is 0 Å². The fraction of sp³-hybridized carbons (Fsp3) is 0.562. The standard InChI is InChI=1S/C16H26N2O2/c1-4-11-18-16(3,15(17)19)10-12-20-14-9-7-6-8-13(14)5-2/h6-9,18H,4-5,10-12H2,1-3H3,(H2,17,19). The van der Waals surface area contributed by atoms with Crippen molar-refractivity contribution in [3.8, 4) is 5.75 Å². The minimum atomic E-state index is -0.711. The summed E-state index contributed by atoms with van der Waals surface area (Å²) in [5, 5.41) is 3.21. The Kier molecular flexibility index (Phi) is 6.52. The normalized spacial score (nSPS) is 13.8.